The van der Waals surface area contributed by atoms with Crippen LogP contribution in [0.4, 0.5) is 5.69 Å². The van der Waals surface area contributed by atoms with Crippen LogP contribution in [0.25, 0.3) is 0 Å². The maximum absolute atomic E-state index is 13.8. The van der Waals surface area contributed by atoms with Crippen molar-refractivity contribution in [3.8, 4) is 0 Å². The Balaban J connectivity index is 1.50. The minimum atomic E-state index is -3.85. The summed E-state index contributed by atoms with van der Waals surface area (Å²) in [5.74, 6) is 0.120. The van der Waals surface area contributed by atoms with Crippen LogP contribution in [0.1, 0.15) is 23.5 Å². The normalized spacial score (nSPS) is 24.5. The van der Waals surface area contributed by atoms with Crippen LogP contribution >= 0.6 is 0 Å². The Kier molecular flexibility index (Phi) is 5.77. The molecule has 2 fully saturated rings. The average molecular weight is 492 g/mol. The third-order valence-corrected chi connectivity index (χ3v) is 10.7. The topological polar surface area (TPSA) is 87.2 Å². The van der Waals surface area contributed by atoms with E-state index in [9.17, 15) is 16.8 Å². The molecule has 0 saturated carbocycles. The Morgan fingerprint density at radius 3 is 2.18 bits per heavy atom. The van der Waals surface area contributed by atoms with Crippen molar-refractivity contribution in [2.75, 3.05) is 50.7 Å². The lowest BCUT2D eigenvalue weighted by Crippen LogP contribution is -2.47. The molecule has 178 valence electrons. The summed E-state index contributed by atoms with van der Waals surface area (Å²) >= 11 is 0. The summed E-state index contributed by atoms with van der Waals surface area (Å²) in [6.07, 6.45) is 0.748. The smallest absolute Gasteiger partial charge is 0.264 e. The highest BCUT2D eigenvalue weighted by Gasteiger charge is 2.46. The number of hydrogen-bond acceptors (Lipinski definition) is 6. The van der Waals surface area contributed by atoms with Crippen molar-refractivity contribution in [2.24, 2.45) is 0 Å². The second-order valence-electron chi connectivity index (χ2n) is 9.08. The number of sulfonamides is 2. The van der Waals surface area contributed by atoms with E-state index in [-0.39, 0.29) is 21.8 Å². The zero-order valence-electron chi connectivity index (χ0n) is 18.8. The van der Waals surface area contributed by atoms with Gasteiger partial charge in [-0.1, -0.05) is 17.7 Å². The predicted octanol–water partition coefficient (Wildman–Crippen LogP) is 2.01. The summed E-state index contributed by atoms with van der Waals surface area (Å²) in [5, 5.41) is 0. The fourth-order valence-corrected chi connectivity index (χ4v) is 8.33. The van der Waals surface area contributed by atoms with Gasteiger partial charge in [-0.2, -0.15) is 4.31 Å². The second kappa shape index (κ2) is 8.35. The lowest BCUT2D eigenvalue weighted by atomic mass is 9.89. The van der Waals surface area contributed by atoms with Crippen LogP contribution in [-0.2, 0) is 24.8 Å². The van der Waals surface area contributed by atoms with Crippen LogP contribution in [0.15, 0.2) is 52.3 Å². The lowest BCUT2D eigenvalue weighted by Gasteiger charge is -2.36. The molecule has 2 aromatic rings. The third kappa shape index (κ3) is 3.87. The number of likely N-dealkylation sites (N-methyl/N-ethyl adjacent to an activating group) is 1. The minimum absolute atomic E-state index is 0.0953. The van der Waals surface area contributed by atoms with Gasteiger partial charge in [-0.15, -0.1) is 0 Å². The summed E-state index contributed by atoms with van der Waals surface area (Å²) in [6.45, 7) is 4.97. The standard InChI is InChI=1S/C23H29N3O5S2/c1-17-3-8-22-20(15-17)21-16-24(2)10-9-23(21)26(22)33(29,30)19-6-4-18(5-7-19)32(27,28)25-11-13-31-14-12-25/h3-8,15,21,23H,9-14,16H2,1-2H3/t21-,23-/m0/s1. The minimum Gasteiger partial charge on any atom is -0.379 e. The van der Waals surface area contributed by atoms with Gasteiger partial charge < -0.3 is 9.64 Å². The summed E-state index contributed by atoms with van der Waals surface area (Å²) in [4.78, 5) is 2.45. The van der Waals surface area contributed by atoms with Crippen LogP contribution in [0.2, 0.25) is 0 Å². The molecule has 8 nitrogen and oxygen atoms in total. The monoisotopic (exact) mass is 491 g/mol. The Morgan fingerprint density at radius 1 is 0.879 bits per heavy atom. The molecule has 3 heterocycles. The van der Waals surface area contributed by atoms with Crippen molar-refractivity contribution in [3.05, 3.63) is 53.6 Å². The SMILES string of the molecule is Cc1ccc2c(c1)[C@@H]1CN(C)CC[C@@H]1N2S(=O)(=O)c1ccc(S(=O)(=O)N2CCOCC2)cc1. The first-order valence-corrected chi connectivity index (χ1v) is 14.1. The molecule has 0 unspecified atom stereocenters. The zero-order valence-corrected chi connectivity index (χ0v) is 20.5. The van der Waals surface area contributed by atoms with E-state index >= 15 is 0 Å². The van der Waals surface area contributed by atoms with E-state index in [4.69, 9.17) is 4.74 Å². The van der Waals surface area contributed by atoms with Crippen LogP contribution < -0.4 is 4.31 Å². The summed E-state index contributed by atoms with van der Waals surface area (Å²) < 4.78 is 61.7. The fraction of sp³-hybridized carbons (Fsp3) is 0.478. The van der Waals surface area contributed by atoms with Gasteiger partial charge in [-0.25, -0.2) is 16.8 Å². The number of morpholine rings is 1. The molecule has 10 heteroatoms. The van der Waals surface area contributed by atoms with E-state index in [1.165, 1.54) is 28.6 Å². The summed E-state index contributed by atoms with van der Waals surface area (Å²) in [6, 6.07) is 11.4. The Bertz CT molecular complexity index is 1260. The first kappa shape index (κ1) is 22.8. The molecule has 2 atom stereocenters. The highest BCUT2D eigenvalue weighted by molar-refractivity contribution is 7.93. The largest absolute Gasteiger partial charge is 0.379 e. The van der Waals surface area contributed by atoms with Gasteiger partial charge in [0.2, 0.25) is 10.0 Å². The number of ether oxygens (including phenoxy) is 1. The highest BCUT2D eigenvalue weighted by atomic mass is 32.2. The molecule has 0 aromatic heterocycles. The van der Waals surface area contributed by atoms with Crippen molar-refractivity contribution in [1.29, 1.82) is 0 Å². The number of hydrogen-bond donors (Lipinski definition) is 0. The molecule has 0 amide bonds. The fourth-order valence-electron chi connectivity index (χ4n) is 5.18. The Hall–Kier alpha value is -1.98. The number of benzene rings is 2. The van der Waals surface area contributed by atoms with Crippen LogP contribution in [0.3, 0.4) is 0 Å². The average Bonchev–Trinajstić information content (AvgIpc) is 3.13. The zero-order chi connectivity index (χ0) is 23.4. The molecule has 2 aromatic carbocycles. The molecule has 33 heavy (non-hydrogen) atoms. The highest BCUT2D eigenvalue weighted by Crippen LogP contribution is 2.47. The number of rotatable bonds is 4. The maximum atomic E-state index is 13.8. The lowest BCUT2D eigenvalue weighted by molar-refractivity contribution is 0.0730. The van der Waals surface area contributed by atoms with Crippen molar-refractivity contribution in [3.63, 3.8) is 0 Å². The van der Waals surface area contributed by atoms with Crippen LogP contribution in [0, 0.1) is 6.92 Å². The van der Waals surface area contributed by atoms with E-state index in [1.807, 2.05) is 19.1 Å². The molecule has 2 saturated heterocycles. The quantitative estimate of drug-likeness (QED) is 0.650. The number of anilines is 1. The van der Waals surface area contributed by atoms with Crippen molar-refractivity contribution in [1.82, 2.24) is 9.21 Å². The van der Waals surface area contributed by atoms with Crippen molar-refractivity contribution in [2.45, 2.75) is 35.1 Å². The van der Waals surface area contributed by atoms with E-state index in [2.05, 4.69) is 18.0 Å². The molecule has 3 aliphatic rings. The molecule has 0 aliphatic carbocycles. The summed E-state index contributed by atoms with van der Waals surface area (Å²) in [7, 11) is -5.47. The molecule has 5 rings (SSSR count). The van der Waals surface area contributed by atoms with Gasteiger partial charge in [-0.05, 0) is 62.8 Å². The Labute approximate surface area is 195 Å². The third-order valence-electron chi connectivity index (χ3n) is 6.89. The van der Waals surface area contributed by atoms with E-state index < -0.39 is 20.0 Å². The number of fused-ring (bicyclic) bond motifs is 3. The maximum Gasteiger partial charge on any atom is 0.264 e. The second-order valence-corrected chi connectivity index (χ2v) is 12.8. The van der Waals surface area contributed by atoms with Crippen LogP contribution in [0.5, 0.6) is 0 Å². The number of nitrogens with zero attached hydrogens (tertiary/aromatic N) is 3. The van der Waals surface area contributed by atoms with Crippen LogP contribution in [-0.4, -0.2) is 78.5 Å². The van der Waals surface area contributed by atoms with Gasteiger partial charge in [0.1, 0.15) is 0 Å². The molecule has 0 bridgehead atoms. The van der Waals surface area contributed by atoms with Crippen molar-refractivity contribution >= 4 is 25.7 Å². The van der Waals surface area contributed by atoms with Gasteiger partial charge >= 0.3 is 0 Å². The number of aryl methyl sites for hydroxylation is 1. The number of likely N-dealkylation sites (tertiary alicyclic amines) is 1. The number of piperidine rings is 1. The molecule has 3 aliphatic heterocycles. The molecule has 0 N–H and O–H groups in total. The van der Waals surface area contributed by atoms with Gasteiger partial charge in [0.25, 0.3) is 10.0 Å². The molecular weight excluding hydrogens is 462 g/mol. The predicted molar refractivity (Wildman–Crippen MR) is 126 cm³/mol. The van der Waals surface area contributed by atoms with Crippen molar-refractivity contribution < 1.29 is 21.6 Å². The Morgan fingerprint density at radius 2 is 1.52 bits per heavy atom. The molecule has 0 spiro atoms. The van der Waals surface area contributed by atoms with Gasteiger partial charge in [0, 0.05) is 25.6 Å². The first-order chi connectivity index (χ1) is 15.7. The van der Waals surface area contributed by atoms with E-state index in [1.54, 1.807) is 4.31 Å². The first-order valence-electron chi connectivity index (χ1n) is 11.2. The van der Waals surface area contributed by atoms with E-state index in [0.717, 1.165) is 36.3 Å². The molecule has 0 radical (unpaired) electrons. The molecular formula is C23H29N3O5S2. The van der Waals surface area contributed by atoms with Gasteiger partial charge in [0.05, 0.1) is 34.7 Å². The van der Waals surface area contributed by atoms with Gasteiger partial charge in [-0.3, -0.25) is 4.31 Å². The van der Waals surface area contributed by atoms with Gasteiger partial charge in [0.15, 0.2) is 0 Å². The summed E-state index contributed by atoms with van der Waals surface area (Å²) in [5.41, 5.74) is 2.91. The van der Waals surface area contributed by atoms with E-state index in [0.29, 0.717) is 26.3 Å².